The molecule has 7 heteroatoms. The van der Waals surface area contributed by atoms with Crippen molar-refractivity contribution in [2.75, 3.05) is 6.61 Å². The number of ether oxygens (including phenoxy) is 1. The monoisotopic (exact) mass is 331 g/mol. The lowest BCUT2D eigenvalue weighted by molar-refractivity contribution is -0.190. The number of fused-ring (bicyclic) bond motifs is 1. The maximum absolute atomic E-state index is 12.7. The van der Waals surface area contributed by atoms with Crippen molar-refractivity contribution in [3.8, 4) is 0 Å². The molecule has 2 atom stereocenters. The second-order valence-corrected chi connectivity index (χ2v) is 6.65. The lowest BCUT2D eigenvalue weighted by Crippen LogP contribution is -2.76. The number of rotatable bonds is 5. The van der Waals surface area contributed by atoms with E-state index in [1.54, 1.807) is 26.0 Å². The third-order valence-electron chi connectivity index (χ3n) is 5.14. The average molecular weight is 331 g/mol. The van der Waals surface area contributed by atoms with Crippen LogP contribution in [-0.4, -0.2) is 45.4 Å². The number of aromatic nitrogens is 2. The molecule has 1 aromatic carbocycles. The van der Waals surface area contributed by atoms with Crippen molar-refractivity contribution < 1.29 is 19.4 Å². The van der Waals surface area contributed by atoms with Gasteiger partial charge in [-0.25, -0.2) is 4.79 Å². The first-order valence-electron chi connectivity index (χ1n) is 7.94. The minimum absolute atomic E-state index is 0.196. The number of carbonyl (C=O) groups excluding carboxylic acids is 1. The summed E-state index contributed by atoms with van der Waals surface area (Å²) in [4.78, 5) is 24.6. The van der Waals surface area contributed by atoms with Crippen molar-refractivity contribution in [1.29, 1.82) is 0 Å². The van der Waals surface area contributed by atoms with Gasteiger partial charge in [-0.05, 0) is 13.0 Å². The number of carboxylic acid groups (broad SMARTS) is 1. The summed E-state index contributed by atoms with van der Waals surface area (Å²) in [6.45, 7) is 5.97. The number of benzene rings is 1. The number of carboxylic acids is 1. The van der Waals surface area contributed by atoms with Gasteiger partial charge >= 0.3 is 5.97 Å². The van der Waals surface area contributed by atoms with Crippen LogP contribution in [0.25, 0.3) is 10.9 Å². The van der Waals surface area contributed by atoms with Crippen molar-refractivity contribution >= 4 is 22.8 Å². The molecule has 0 unspecified atom stereocenters. The normalized spacial score (nSPS) is 25.2. The molecule has 0 radical (unpaired) electrons. The number of amides is 1. The van der Waals surface area contributed by atoms with Crippen molar-refractivity contribution in [2.24, 2.45) is 5.41 Å². The number of H-pyrrole nitrogens is 1. The van der Waals surface area contributed by atoms with E-state index >= 15 is 0 Å². The summed E-state index contributed by atoms with van der Waals surface area (Å²) in [5.74, 6) is -1.56. The van der Waals surface area contributed by atoms with Gasteiger partial charge in [0, 0.05) is 23.8 Å². The topological polar surface area (TPSA) is 104 Å². The highest BCUT2D eigenvalue weighted by atomic mass is 16.5. The van der Waals surface area contributed by atoms with E-state index in [0.29, 0.717) is 12.0 Å². The SMILES string of the molecule is CCO[C@H]1C[C@@](NC(=O)c2n[nH]c3ccccc23)(C(=O)O)C1(C)C. The van der Waals surface area contributed by atoms with Gasteiger partial charge in [0.2, 0.25) is 0 Å². The van der Waals surface area contributed by atoms with Crippen molar-refractivity contribution in [2.45, 2.75) is 38.8 Å². The van der Waals surface area contributed by atoms with E-state index in [4.69, 9.17) is 4.74 Å². The number of aromatic amines is 1. The maximum Gasteiger partial charge on any atom is 0.330 e. The zero-order valence-electron chi connectivity index (χ0n) is 13.9. The number of nitrogens with zero attached hydrogens (tertiary/aromatic N) is 1. The Morgan fingerprint density at radius 2 is 2.12 bits per heavy atom. The zero-order chi connectivity index (χ0) is 17.5. The van der Waals surface area contributed by atoms with Gasteiger partial charge in [-0.15, -0.1) is 0 Å². The van der Waals surface area contributed by atoms with Crippen LogP contribution in [0.3, 0.4) is 0 Å². The number of hydrogen-bond acceptors (Lipinski definition) is 4. The Bertz CT molecular complexity index is 798. The standard InChI is InChI=1S/C17H21N3O4/c1-4-24-12-9-17(15(22)23,16(12,2)3)18-14(21)13-10-7-5-6-8-11(10)19-20-13/h5-8,12H,4,9H2,1-3H3,(H,18,21)(H,19,20)(H,22,23)/t12-,17+/m0/s1. The summed E-state index contributed by atoms with van der Waals surface area (Å²) < 4.78 is 5.60. The highest BCUT2D eigenvalue weighted by Crippen LogP contribution is 2.51. The average Bonchev–Trinajstić information content (AvgIpc) is 2.97. The Hall–Kier alpha value is -2.41. The molecule has 0 spiro atoms. The molecule has 0 saturated heterocycles. The molecule has 1 aliphatic carbocycles. The minimum atomic E-state index is -1.37. The predicted molar refractivity (Wildman–Crippen MR) is 87.7 cm³/mol. The van der Waals surface area contributed by atoms with E-state index in [9.17, 15) is 14.7 Å². The van der Waals surface area contributed by atoms with Gasteiger partial charge in [-0.3, -0.25) is 9.89 Å². The molecule has 3 N–H and O–H groups in total. The summed E-state index contributed by atoms with van der Waals surface area (Å²) in [5, 5.41) is 20.0. The lowest BCUT2D eigenvalue weighted by Gasteiger charge is -2.58. The third kappa shape index (κ3) is 2.19. The Kier molecular flexibility index (Phi) is 3.83. The molecule has 1 fully saturated rings. The van der Waals surface area contributed by atoms with E-state index in [0.717, 1.165) is 5.52 Å². The molecular weight excluding hydrogens is 310 g/mol. The van der Waals surface area contributed by atoms with Gasteiger partial charge < -0.3 is 15.2 Å². The van der Waals surface area contributed by atoms with Crippen LogP contribution < -0.4 is 5.32 Å². The Balaban J connectivity index is 1.90. The van der Waals surface area contributed by atoms with Crippen LogP contribution >= 0.6 is 0 Å². The predicted octanol–water partition coefficient (Wildman–Crippen LogP) is 1.95. The van der Waals surface area contributed by atoms with E-state index in [2.05, 4.69) is 15.5 Å². The summed E-state index contributed by atoms with van der Waals surface area (Å²) in [7, 11) is 0. The fourth-order valence-electron chi connectivity index (χ4n) is 3.43. The van der Waals surface area contributed by atoms with Gasteiger partial charge in [0.05, 0.1) is 11.6 Å². The molecule has 0 aliphatic heterocycles. The lowest BCUT2D eigenvalue weighted by atomic mass is 9.54. The molecule has 7 nitrogen and oxygen atoms in total. The molecule has 1 amide bonds. The Labute approximate surface area is 139 Å². The minimum Gasteiger partial charge on any atom is -0.479 e. The second-order valence-electron chi connectivity index (χ2n) is 6.65. The third-order valence-corrected chi connectivity index (χ3v) is 5.14. The number of para-hydroxylation sites is 1. The van der Waals surface area contributed by atoms with Crippen molar-refractivity contribution in [3.63, 3.8) is 0 Å². The first kappa shape index (κ1) is 16.4. The Morgan fingerprint density at radius 3 is 2.75 bits per heavy atom. The number of aliphatic carboxylic acids is 1. The van der Waals surface area contributed by atoms with Gasteiger partial charge in [0.1, 0.15) is 5.54 Å². The summed E-state index contributed by atoms with van der Waals surface area (Å²) in [6.07, 6.45) is 0.0203. The summed E-state index contributed by atoms with van der Waals surface area (Å²) >= 11 is 0. The first-order valence-corrected chi connectivity index (χ1v) is 7.94. The number of carbonyl (C=O) groups is 2. The van der Waals surface area contributed by atoms with Crippen LogP contribution in [0.5, 0.6) is 0 Å². The van der Waals surface area contributed by atoms with E-state index in [1.165, 1.54) is 0 Å². The highest BCUT2D eigenvalue weighted by Gasteiger charge is 2.66. The van der Waals surface area contributed by atoms with Crippen LogP contribution in [0.2, 0.25) is 0 Å². The molecule has 0 bridgehead atoms. The van der Waals surface area contributed by atoms with Gasteiger partial charge in [-0.2, -0.15) is 5.10 Å². The molecule has 1 heterocycles. The molecule has 1 aliphatic rings. The van der Waals surface area contributed by atoms with Crippen LogP contribution in [0.1, 0.15) is 37.7 Å². The number of nitrogens with one attached hydrogen (secondary N) is 2. The molecule has 2 aromatic rings. The Morgan fingerprint density at radius 1 is 1.42 bits per heavy atom. The highest BCUT2D eigenvalue weighted by molar-refractivity contribution is 6.06. The molecule has 1 saturated carbocycles. The summed E-state index contributed by atoms with van der Waals surface area (Å²) in [6, 6.07) is 7.23. The van der Waals surface area contributed by atoms with Crippen LogP contribution in [-0.2, 0) is 9.53 Å². The molecule has 3 rings (SSSR count). The first-order chi connectivity index (χ1) is 11.3. The van der Waals surface area contributed by atoms with Crippen molar-refractivity contribution in [3.05, 3.63) is 30.0 Å². The van der Waals surface area contributed by atoms with Crippen LogP contribution in [0, 0.1) is 5.41 Å². The zero-order valence-corrected chi connectivity index (χ0v) is 13.9. The molecule has 1 aromatic heterocycles. The number of hydrogen-bond donors (Lipinski definition) is 3. The molecular formula is C17H21N3O4. The summed E-state index contributed by atoms with van der Waals surface area (Å²) in [5.41, 5.74) is -1.17. The largest absolute Gasteiger partial charge is 0.479 e. The maximum atomic E-state index is 12.7. The quantitative estimate of drug-likeness (QED) is 0.777. The molecule has 24 heavy (non-hydrogen) atoms. The molecule has 128 valence electrons. The van der Waals surface area contributed by atoms with E-state index in [-0.39, 0.29) is 18.2 Å². The van der Waals surface area contributed by atoms with Crippen molar-refractivity contribution in [1.82, 2.24) is 15.5 Å². The van der Waals surface area contributed by atoms with Gasteiger partial charge in [0.15, 0.2) is 5.69 Å². The fraction of sp³-hybridized carbons (Fsp3) is 0.471. The van der Waals surface area contributed by atoms with Gasteiger partial charge in [-0.1, -0.05) is 32.0 Å². The second kappa shape index (κ2) is 5.59. The smallest absolute Gasteiger partial charge is 0.330 e. The van der Waals surface area contributed by atoms with E-state index < -0.39 is 22.8 Å². The van der Waals surface area contributed by atoms with Crippen LogP contribution in [0.4, 0.5) is 0 Å². The van der Waals surface area contributed by atoms with Gasteiger partial charge in [0.25, 0.3) is 5.91 Å². The fourth-order valence-corrected chi connectivity index (χ4v) is 3.43. The van der Waals surface area contributed by atoms with Crippen LogP contribution in [0.15, 0.2) is 24.3 Å². The van der Waals surface area contributed by atoms with E-state index in [1.807, 2.05) is 19.1 Å².